The quantitative estimate of drug-likeness (QED) is 0.806. The number of ether oxygens (including phenoxy) is 1. The van der Waals surface area contributed by atoms with Crippen molar-refractivity contribution >= 4 is 15.9 Å². The van der Waals surface area contributed by atoms with Gasteiger partial charge in [0.2, 0.25) is 15.9 Å². The molecule has 0 spiro atoms. The average molecular weight is 386 g/mol. The van der Waals surface area contributed by atoms with Crippen LogP contribution in [0.3, 0.4) is 0 Å². The zero-order chi connectivity index (χ0) is 18.9. The molecule has 0 aromatic heterocycles. The van der Waals surface area contributed by atoms with Crippen molar-refractivity contribution in [1.29, 1.82) is 0 Å². The highest BCUT2D eigenvalue weighted by atomic mass is 32.2. The minimum Gasteiger partial charge on any atom is -0.492 e. The number of rotatable bonds is 3. The second-order valence-electron chi connectivity index (χ2n) is 6.86. The molecule has 2 aromatic rings. The molecule has 2 aromatic carbocycles. The van der Waals surface area contributed by atoms with Gasteiger partial charge in [0.25, 0.3) is 0 Å². The van der Waals surface area contributed by atoms with Crippen LogP contribution in [0.4, 0.5) is 0 Å². The van der Waals surface area contributed by atoms with Gasteiger partial charge in [0.15, 0.2) is 0 Å². The molecule has 1 saturated heterocycles. The van der Waals surface area contributed by atoms with Gasteiger partial charge in [-0.15, -0.1) is 0 Å². The largest absolute Gasteiger partial charge is 0.492 e. The van der Waals surface area contributed by atoms with Crippen molar-refractivity contribution in [3.8, 4) is 5.75 Å². The van der Waals surface area contributed by atoms with Gasteiger partial charge in [0, 0.05) is 26.2 Å². The van der Waals surface area contributed by atoms with E-state index in [1.54, 1.807) is 35.2 Å². The van der Waals surface area contributed by atoms with Crippen LogP contribution in [0.5, 0.6) is 5.75 Å². The standard InChI is InChI=1S/C20H22N2O4S/c23-20(17-14-16-6-4-5-9-19(16)26-15-17)21-10-12-22(13-11-21)27(24,25)18-7-2-1-3-8-18/h1-9,17H,10-15H2/t17-/m0/s1. The van der Waals surface area contributed by atoms with Gasteiger partial charge in [-0.2, -0.15) is 4.31 Å². The van der Waals surface area contributed by atoms with Crippen LogP contribution >= 0.6 is 0 Å². The number of sulfonamides is 1. The van der Waals surface area contributed by atoms with Gasteiger partial charge >= 0.3 is 0 Å². The van der Waals surface area contributed by atoms with Gasteiger partial charge in [-0.25, -0.2) is 8.42 Å². The van der Waals surface area contributed by atoms with Crippen molar-refractivity contribution in [1.82, 2.24) is 9.21 Å². The third kappa shape index (κ3) is 3.57. The zero-order valence-electron chi connectivity index (χ0n) is 15.0. The molecule has 0 N–H and O–H groups in total. The van der Waals surface area contributed by atoms with E-state index in [4.69, 9.17) is 4.74 Å². The van der Waals surface area contributed by atoms with Crippen molar-refractivity contribution in [2.75, 3.05) is 32.8 Å². The first-order valence-corrected chi connectivity index (χ1v) is 10.5. The number of carbonyl (C=O) groups is 1. The fourth-order valence-electron chi connectivity index (χ4n) is 3.64. The van der Waals surface area contributed by atoms with Crippen molar-refractivity contribution in [3.05, 3.63) is 60.2 Å². The summed E-state index contributed by atoms with van der Waals surface area (Å²) in [5.41, 5.74) is 1.05. The number of para-hydroxylation sites is 1. The summed E-state index contributed by atoms with van der Waals surface area (Å²) in [6.07, 6.45) is 0.664. The van der Waals surface area contributed by atoms with Crippen molar-refractivity contribution < 1.29 is 17.9 Å². The van der Waals surface area contributed by atoms with Crippen LogP contribution in [0.1, 0.15) is 5.56 Å². The van der Waals surface area contributed by atoms with Crippen LogP contribution in [0.25, 0.3) is 0 Å². The Morgan fingerprint density at radius 2 is 1.59 bits per heavy atom. The third-order valence-electron chi connectivity index (χ3n) is 5.16. The molecule has 0 radical (unpaired) electrons. The number of piperazine rings is 1. The molecule has 2 aliphatic rings. The minimum atomic E-state index is -3.51. The molecule has 0 bridgehead atoms. The Morgan fingerprint density at radius 1 is 0.926 bits per heavy atom. The van der Waals surface area contributed by atoms with E-state index >= 15 is 0 Å². The zero-order valence-corrected chi connectivity index (χ0v) is 15.8. The SMILES string of the molecule is O=C([C@@H]1COc2ccccc2C1)N1CCN(S(=O)(=O)c2ccccc2)CC1. The second-order valence-corrected chi connectivity index (χ2v) is 8.80. The van der Waals surface area contributed by atoms with E-state index < -0.39 is 10.0 Å². The maximum atomic E-state index is 12.9. The van der Waals surface area contributed by atoms with Gasteiger partial charge in [-0.05, 0) is 30.2 Å². The summed E-state index contributed by atoms with van der Waals surface area (Å²) in [5, 5.41) is 0. The summed E-state index contributed by atoms with van der Waals surface area (Å²) in [5.74, 6) is 0.679. The normalized spacial score (nSPS) is 20.6. The van der Waals surface area contributed by atoms with Crippen LogP contribution in [0, 0.1) is 5.92 Å². The fourth-order valence-corrected chi connectivity index (χ4v) is 5.08. The van der Waals surface area contributed by atoms with Crippen LogP contribution in [-0.2, 0) is 21.2 Å². The molecular weight excluding hydrogens is 364 g/mol. The number of benzene rings is 2. The molecule has 2 heterocycles. The lowest BCUT2D eigenvalue weighted by atomic mass is 9.95. The van der Waals surface area contributed by atoms with Gasteiger partial charge < -0.3 is 9.64 Å². The smallest absolute Gasteiger partial charge is 0.243 e. The lowest BCUT2D eigenvalue weighted by molar-refractivity contribution is -0.138. The highest BCUT2D eigenvalue weighted by Gasteiger charge is 2.34. The van der Waals surface area contributed by atoms with Crippen LogP contribution in [-0.4, -0.2) is 56.3 Å². The number of amides is 1. The van der Waals surface area contributed by atoms with E-state index in [-0.39, 0.29) is 11.8 Å². The molecule has 1 atom stereocenters. The van der Waals surface area contributed by atoms with Crippen LogP contribution in [0.2, 0.25) is 0 Å². The number of fused-ring (bicyclic) bond motifs is 1. The topological polar surface area (TPSA) is 66.9 Å². The lowest BCUT2D eigenvalue weighted by Crippen LogP contribution is -2.52. The molecular formula is C20H22N2O4S. The molecule has 4 rings (SSSR count). The van der Waals surface area contributed by atoms with E-state index in [1.165, 1.54) is 4.31 Å². The first-order valence-electron chi connectivity index (χ1n) is 9.10. The summed E-state index contributed by atoms with van der Waals surface area (Å²) >= 11 is 0. The Kier molecular flexibility index (Phi) is 4.88. The summed E-state index contributed by atoms with van der Waals surface area (Å²) in [6.45, 7) is 1.81. The maximum Gasteiger partial charge on any atom is 0.243 e. The molecule has 0 saturated carbocycles. The Labute approximate surface area is 159 Å². The molecule has 0 unspecified atom stereocenters. The number of hydrogen-bond acceptors (Lipinski definition) is 4. The number of hydrogen-bond donors (Lipinski definition) is 0. The number of carbonyl (C=O) groups excluding carboxylic acids is 1. The number of nitrogens with zero attached hydrogens (tertiary/aromatic N) is 2. The van der Waals surface area contributed by atoms with E-state index in [9.17, 15) is 13.2 Å². The lowest BCUT2D eigenvalue weighted by Gasteiger charge is -2.36. The Bertz CT molecular complexity index is 922. The van der Waals surface area contributed by atoms with Gasteiger partial charge in [0.1, 0.15) is 12.4 Å². The summed E-state index contributed by atoms with van der Waals surface area (Å²) in [4.78, 5) is 14.9. The average Bonchev–Trinajstić information content (AvgIpc) is 2.73. The Balaban J connectivity index is 1.39. The predicted molar refractivity (Wildman–Crippen MR) is 101 cm³/mol. The van der Waals surface area contributed by atoms with Gasteiger partial charge in [0.05, 0.1) is 10.8 Å². The molecule has 142 valence electrons. The Hall–Kier alpha value is -2.38. The summed E-state index contributed by atoms with van der Waals surface area (Å²) in [6, 6.07) is 16.2. The van der Waals surface area contributed by atoms with E-state index in [0.717, 1.165) is 11.3 Å². The first-order chi connectivity index (χ1) is 13.1. The molecule has 7 heteroatoms. The van der Waals surface area contributed by atoms with Gasteiger partial charge in [-0.1, -0.05) is 36.4 Å². The monoisotopic (exact) mass is 386 g/mol. The van der Waals surface area contributed by atoms with Crippen molar-refractivity contribution in [2.45, 2.75) is 11.3 Å². The van der Waals surface area contributed by atoms with E-state index in [2.05, 4.69) is 0 Å². The third-order valence-corrected chi connectivity index (χ3v) is 7.07. The summed E-state index contributed by atoms with van der Waals surface area (Å²) in [7, 11) is -3.51. The Morgan fingerprint density at radius 3 is 2.33 bits per heavy atom. The molecule has 1 amide bonds. The van der Waals surface area contributed by atoms with Crippen LogP contribution < -0.4 is 4.74 Å². The predicted octanol–water partition coefficient (Wildman–Crippen LogP) is 1.77. The highest BCUT2D eigenvalue weighted by molar-refractivity contribution is 7.89. The van der Waals surface area contributed by atoms with Crippen LogP contribution in [0.15, 0.2) is 59.5 Å². The minimum absolute atomic E-state index is 0.0428. The first kappa shape index (κ1) is 18.0. The highest BCUT2D eigenvalue weighted by Crippen LogP contribution is 2.28. The van der Waals surface area contributed by atoms with Crippen molar-refractivity contribution in [3.63, 3.8) is 0 Å². The second kappa shape index (κ2) is 7.32. The molecule has 1 fully saturated rings. The fraction of sp³-hybridized carbons (Fsp3) is 0.350. The van der Waals surface area contributed by atoms with E-state index in [1.807, 2.05) is 24.3 Å². The molecule has 2 aliphatic heterocycles. The van der Waals surface area contributed by atoms with Gasteiger partial charge in [-0.3, -0.25) is 4.79 Å². The maximum absolute atomic E-state index is 12.9. The van der Waals surface area contributed by atoms with E-state index in [0.29, 0.717) is 44.1 Å². The van der Waals surface area contributed by atoms with Crippen molar-refractivity contribution in [2.24, 2.45) is 5.92 Å². The molecule has 27 heavy (non-hydrogen) atoms. The molecule has 6 nitrogen and oxygen atoms in total. The summed E-state index contributed by atoms with van der Waals surface area (Å²) < 4.78 is 32.6. The molecule has 0 aliphatic carbocycles.